The van der Waals surface area contributed by atoms with E-state index < -0.39 is 0 Å². The van der Waals surface area contributed by atoms with E-state index in [0.717, 1.165) is 5.82 Å². The summed E-state index contributed by atoms with van der Waals surface area (Å²) in [4.78, 5) is 0. The number of fused-ring (bicyclic) bond motifs is 1. The monoisotopic (exact) mass is 197 g/mol. The molecule has 0 saturated carbocycles. The SMILES string of the molecule is OCCc1nnc2cc(Cl)ccn12. The largest absolute Gasteiger partial charge is 0.396 e. The van der Waals surface area contributed by atoms with Crippen LogP contribution in [0.15, 0.2) is 18.3 Å². The van der Waals surface area contributed by atoms with Gasteiger partial charge in [-0.15, -0.1) is 10.2 Å². The molecule has 0 aliphatic heterocycles. The number of aliphatic hydroxyl groups is 1. The van der Waals surface area contributed by atoms with Crippen LogP contribution in [0.25, 0.3) is 5.65 Å². The summed E-state index contributed by atoms with van der Waals surface area (Å²) in [6.07, 6.45) is 2.30. The highest BCUT2D eigenvalue weighted by atomic mass is 35.5. The summed E-state index contributed by atoms with van der Waals surface area (Å²) in [5, 5.41) is 17.2. The van der Waals surface area contributed by atoms with E-state index in [1.807, 2.05) is 4.40 Å². The molecule has 1 N–H and O–H groups in total. The van der Waals surface area contributed by atoms with Crippen LogP contribution in [-0.4, -0.2) is 26.3 Å². The lowest BCUT2D eigenvalue weighted by molar-refractivity contribution is 0.296. The molecule has 0 aliphatic rings. The summed E-state index contributed by atoms with van der Waals surface area (Å²) in [5.74, 6) is 0.745. The number of hydrogen-bond acceptors (Lipinski definition) is 3. The van der Waals surface area contributed by atoms with Crippen LogP contribution in [0.3, 0.4) is 0 Å². The first-order chi connectivity index (χ1) is 6.31. The van der Waals surface area contributed by atoms with Crippen molar-refractivity contribution in [3.63, 3.8) is 0 Å². The quantitative estimate of drug-likeness (QED) is 0.779. The Morgan fingerprint density at radius 1 is 1.46 bits per heavy atom. The molecule has 4 nitrogen and oxygen atoms in total. The smallest absolute Gasteiger partial charge is 0.162 e. The lowest BCUT2D eigenvalue weighted by atomic mass is 10.4. The molecule has 0 unspecified atom stereocenters. The highest BCUT2D eigenvalue weighted by molar-refractivity contribution is 6.30. The highest BCUT2D eigenvalue weighted by Gasteiger charge is 2.03. The van der Waals surface area contributed by atoms with Crippen LogP contribution in [0.4, 0.5) is 0 Å². The van der Waals surface area contributed by atoms with Crippen molar-refractivity contribution >= 4 is 17.2 Å². The van der Waals surface area contributed by atoms with Crippen molar-refractivity contribution in [1.82, 2.24) is 14.6 Å². The molecular formula is C8H8ClN3O. The lowest BCUT2D eigenvalue weighted by Gasteiger charge is -1.96. The van der Waals surface area contributed by atoms with Gasteiger partial charge in [0.1, 0.15) is 5.82 Å². The average Bonchev–Trinajstić information content (AvgIpc) is 2.49. The maximum Gasteiger partial charge on any atom is 0.162 e. The minimum Gasteiger partial charge on any atom is -0.396 e. The number of aromatic nitrogens is 3. The van der Waals surface area contributed by atoms with Gasteiger partial charge in [-0.2, -0.15) is 0 Å². The maximum absolute atomic E-state index is 8.74. The number of pyridine rings is 1. The standard InChI is InChI=1S/C8H8ClN3O/c9-6-1-3-12-7(2-4-13)10-11-8(12)5-6/h1,3,5,13H,2,4H2. The Bertz CT molecular complexity index is 426. The molecule has 0 aliphatic carbocycles. The second-order valence-electron chi connectivity index (χ2n) is 2.66. The number of nitrogens with zero attached hydrogens (tertiary/aromatic N) is 3. The minimum atomic E-state index is 0.0728. The zero-order valence-corrected chi connectivity index (χ0v) is 7.57. The molecule has 2 heterocycles. The fraction of sp³-hybridized carbons (Fsp3) is 0.250. The zero-order chi connectivity index (χ0) is 9.26. The van der Waals surface area contributed by atoms with Gasteiger partial charge in [0.25, 0.3) is 0 Å². The Morgan fingerprint density at radius 3 is 3.08 bits per heavy atom. The Balaban J connectivity index is 2.55. The average molecular weight is 198 g/mol. The van der Waals surface area contributed by atoms with Crippen molar-refractivity contribution in [2.45, 2.75) is 6.42 Å². The van der Waals surface area contributed by atoms with Gasteiger partial charge in [0.15, 0.2) is 5.65 Å². The molecule has 2 aromatic rings. The maximum atomic E-state index is 8.74. The van der Waals surface area contributed by atoms with E-state index in [2.05, 4.69) is 10.2 Å². The van der Waals surface area contributed by atoms with Crippen molar-refractivity contribution in [3.05, 3.63) is 29.2 Å². The van der Waals surface area contributed by atoms with Gasteiger partial charge in [-0.3, -0.25) is 4.40 Å². The van der Waals surface area contributed by atoms with Gasteiger partial charge in [0, 0.05) is 23.7 Å². The van der Waals surface area contributed by atoms with E-state index >= 15 is 0 Å². The Morgan fingerprint density at radius 2 is 2.31 bits per heavy atom. The topological polar surface area (TPSA) is 50.4 Å². The zero-order valence-electron chi connectivity index (χ0n) is 6.81. The molecule has 2 aromatic heterocycles. The van der Waals surface area contributed by atoms with Gasteiger partial charge in [-0.25, -0.2) is 0 Å². The van der Waals surface area contributed by atoms with Crippen LogP contribution in [0.1, 0.15) is 5.82 Å². The fourth-order valence-electron chi connectivity index (χ4n) is 1.19. The van der Waals surface area contributed by atoms with E-state index in [1.54, 1.807) is 18.3 Å². The van der Waals surface area contributed by atoms with Crippen molar-refractivity contribution in [2.75, 3.05) is 6.61 Å². The second kappa shape index (κ2) is 3.32. The van der Waals surface area contributed by atoms with Crippen LogP contribution in [0.5, 0.6) is 0 Å². The van der Waals surface area contributed by atoms with E-state index in [4.69, 9.17) is 16.7 Å². The third-order valence-electron chi connectivity index (χ3n) is 1.78. The number of rotatable bonds is 2. The van der Waals surface area contributed by atoms with Crippen LogP contribution in [-0.2, 0) is 6.42 Å². The van der Waals surface area contributed by atoms with Gasteiger partial charge in [-0.05, 0) is 6.07 Å². The molecule has 0 radical (unpaired) electrons. The fourth-order valence-corrected chi connectivity index (χ4v) is 1.34. The Kier molecular flexibility index (Phi) is 2.16. The first-order valence-electron chi connectivity index (χ1n) is 3.91. The molecule has 0 atom stereocenters. The van der Waals surface area contributed by atoms with E-state index in [9.17, 15) is 0 Å². The molecule has 68 valence electrons. The van der Waals surface area contributed by atoms with Crippen molar-refractivity contribution in [2.24, 2.45) is 0 Å². The van der Waals surface area contributed by atoms with Crippen LogP contribution in [0, 0.1) is 0 Å². The number of hydrogen-bond donors (Lipinski definition) is 1. The summed E-state index contributed by atoms with van der Waals surface area (Å²) >= 11 is 5.77. The van der Waals surface area contributed by atoms with Gasteiger partial charge in [0.05, 0.1) is 6.61 Å². The molecule has 0 aromatic carbocycles. The summed E-state index contributed by atoms with van der Waals surface area (Å²) in [5.41, 5.74) is 0.705. The van der Waals surface area contributed by atoms with Gasteiger partial charge < -0.3 is 5.11 Å². The van der Waals surface area contributed by atoms with Crippen molar-refractivity contribution < 1.29 is 5.11 Å². The highest BCUT2D eigenvalue weighted by Crippen LogP contribution is 2.11. The van der Waals surface area contributed by atoms with Crippen molar-refractivity contribution in [1.29, 1.82) is 0 Å². The summed E-state index contributed by atoms with van der Waals surface area (Å²) in [6.45, 7) is 0.0728. The third kappa shape index (κ3) is 1.50. The molecule has 13 heavy (non-hydrogen) atoms. The predicted octanol–water partition coefficient (Wildman–Crippen LogP) is 0.917. The van der Waals surface area contributed by atoms with Crippen molar-refractivity contribution in [3.8, 4) is 0 Å². The first-order valence-corrected chi connectivity index (χ1v) is 4.29. The third-order valence-corrected chi connectivity index (χ3v) is 2.01. The second-order valence-corrected chi connectivity index (χ2v) is 3.10. The van der Waals surface area contributed by atoms with Gasteiger partial charge >= 0.3 is 0 Å². The van der Waals surface area contributed by atoms with Crippen LogP contribution < -0.4 is 0 Å². The Hall–Kier alpha value is -1.13. The van der Waals surface area contributed by atoms with Gasteiger partial charge in [-0.1, -0.05) is 11.6 Å². The number of halogens is 1. The minimum absolute atomic E-state index is 0.0728. The molecule has 0 spiro atoms. The van der Waals surface area contributed by atoms with Gasteiger partial charge in [0.2, 0.25) is 0 Å². The molecule has 5 heteroatoms. The first kappa shape index (κ1) is 8.47. The molecule has 0 amide bonds. The molecular weight excluding hydrogens is 190 g/mol. The number of aliphatic hydroxyl groups excluding tert-OH is 1. The Labute approximate surface area is 79.8 Å². The molecule has 2 rings (SSSR count). The van der Waals surface area contributed by atoms with E-state index in [1.165, 1.54) is 0 Å². The molecule has 0 saturated heterocycles. The predicted molar refractivity (Wildman–Crippen MR) is 48.8 cm³/mol. The van der Waals surface area contributed by atoms with E-state index in [-0.39, 0.29) is 6.61 Å². The lowest BCUT2D eigenvalue weighted by Crippen LogP contribution is -1.97. The van der Waals surface area contributed by atoms with E-state index in [0.29, 0.717) is 17.1 Å². The normalized spacial score (nSPS) is 10.9. The summed E-state index contributed by atoms with van der Waals surface area (Å²) < 4.78 is 1.81. The van der Waals surface area contributed by atoms with Crippen LogP contribution in [0.2, 0.25) is 5.02 Å². The molecule has 0 bridgehead atoms. The molecule has 0 fully saturated rings. The summed E-state index contributed by atoms with van der Waals surface area (Å²) in [6, 6.07) is 3.49. The summed E-state index contributed by atoms with van der Waals surface area (Å²) in [7, 11) is 0. The van der Waals surface area contributed by atoms with Crippen LogP contribution >= 0.6 is 11.6 Å².